The van der Waals surface area contributed by atoms with E-state index in [1.807, 2.05) is 0 Å². The number of nitrogens with zero attached hydrogens (tertiary/aromatic N) is 5. The molecule has 0 radical (unpaired) electrons. The van der Waals surface area contributed by atoms with Gasteiger partial charge in [-0.3, -0.25) is 9.13 Å². The molecule has 16 aromatic rings. The lowest BCUT2D eigenvalue weighted by Gasteiger charge is -2.34. The fourth-order valence-corrected chi connectivity index (χ4v) is 17.9. The van der Waals surface area contributed by atoms with Gasteiger partial charge in [-0.1, -0.05) is 212 Å². The van der Waals surface area contributed by atoms with Gasteiger partial charge in [-0.2, -0.15) is 0 Å². The molecule has 0 aliphatic rings. The van der Waals surface area contributed by atoms with Gasteiger partial charge in [-0.05, 0) is 93.5 Å². The molecule has 6 heteroatoms. The third-order valence-electron chi connectivity index (χ3n) is 16.3. The average molecular weight is 998 g/mol. The summed E-state index contributed by atoms with van der Waals surface area (Å²) in [5, 5.41) is 15.0. The smallest absolute Gasteiger partial charge is 0.179 e. The van der Waals surface area contributed by atoms with Gasteiger partial charge >= 0.3 is 0 Å². The van der Waals surface area contributed by atoms with Crippen LogP contribution in [-0.2, 0) is 0 Å². The molecule has 0 amide bonds. The maximum Gasteiger partial charge on any atom is 0.179 e. The molecule has 16 rings (SSSR count). The molecule has 5 nitrogen and oxygen atoms in total. The minimum absolute atomic E-state index is 0.841. The summed E-state index contributed by atoms with van der Waals surface area (Å²) in [4.78, 5) is 5.96. The third kappa shape index (κ3) is 6.31. The van der Waals surface area contributed by atoms with Crippen LogP contribution >= 0.6 is 0 Å². The Balaban J connectivity index is 0.996. The molecule has 0 aliphatic heterocycles. The molecule has 0 atom stereocenters. The zero-order valence-corrected chi connectivity index (χ0v) is 42.9. The van der Waals surface area contributed by atoms with Crippen molar-refractivity contribution >= 4 is 116 Å². The van der Waals surface area contributed by atoms with Crippen LogP contribution in [0.4, 0.5) is 0 Å². The van der Waals surface area contributed by atoms with Crippen molar-refractivity contribution in [1.82, 2.24) is 23.3 Å². The average Bonchev–Trinajstić information content (AvgIpc) is 4.25. The van der Waals surface area contributed by atoms with Crippen molar-refractivity contribution in [3.05, 3.63) is 285 Å². The van der Waals surface area contributed by atoms with Crippen molar-refractivity contribution < 1.29 is 0 Å². The SMILES string of the molecule is c1ccc([Si](c2ccccc2)(c2ccccc2)c2ccc3c(c2)c2ccccc2n3-c2ccc(-n3c4ccccc4c4ccccc43)nc2-n2c3ccccc3c3cc(-n4c5ccccc5c5ccccc54)ccc32)cc1. The van der Waals surface area contributed by atoms with Gasteiger partial charge in [0.05, 0.1) is 49.8 Å². The Kier molecular flexibility index (Phi) is 9.59. The lowest BCUT2D eigenvalue weighted by molar-refractivity contribution is 0.983. The summed E-state index contributed by atoms with van der Waals surface area (Å²) in [6.07, 6.45) is 0. The first-order valence-electron chi connectivity index (χ1n) is 26.5. The fraction of sp³-hybridized carbons (Fsp3) is 0. The highest BCUT2D eigenvalue weighted by atomic mass is 28.3. The van der Waals surface area contributed by atoms with Gasteiger partial charge in [0.15, 0.2) is 13.9 Å². The van der Waals surface area contributed by atoms with Crippen molar-refractivity contribution in [2.24, 2.45) is 0 Å². The lowest BCUT2D eigenvalue weighted by Crippen LogP contribution is -2.74. The molecule has 0 spiro atoms. The number of fused-ring (bicyclic) bond motifs is 12. The van der Waals surface area contributed by atoms with E-state index in [-0.39, 0.29) is 0 Å². The van der Waals surface area contributed by atoms with E-state index >= 15 is 0 Å². The number of para-hydroxylation sites is 6. The predicted octanol–water partition coefficient (Wildman–Crippen LogP) is 14.8. The molecule has 77 heavy (non-hydrogen) atoms. The van der Waals surface area contributed by atoms with Crippen LogP contribution in [0.15, 0.2) is 285 Å². The monoisotopic (exact) mass is 997 g/mol. The van der Waals surface area contributed by atoms with Crippen LogP contribution < -0.4 is 20.7 Å². The van der Waals surface area contributed by atoms with E-state index in [2.05, 4.69) is 303 Å². The van der Waals surface area contributed by atoms with Crippen LogP contribution in [-0.4, -0.2) is 31.3 Å². The molecular formula is C71H47N5Si. The van der Waals surface area contributed by atoms with Crippen molar-refractivity contribution in [3.8, 4) is 23.0 Å². The molecule has 0 fully saturated rings. The highest BCUT2D eigenvalue weighted by Crippen LogP contribution is 2.41. The zero-order chi connectivity index (χ0) is 50.6. The standard InChI is InChI=1S/C71H47N5Si/c1-4-22-49(23-5-1)77(50-24-6-2-7-25-50,51-26-8-3-9-27-51)52-41-43-67-60(47-52)58-33-14-18-36-63(58)74(67)69-44-45-70(75-64-37-19-12-30-55(64)56-31-13-20-38-65(56)75)72-71(69)76-66-39-21-15-32-57(66)59-46-48(40-42-68(59)76)73-61-34-16-10-28-53(61)54-29-11-17-35-62(54)73/h1-47H. The fourth-order valence-electron chi connectivity index (χ4n) is 13.1. The van der Waals surface area contributed by atoms with E-state index in [0.29, 0.717) is 0 Å². The Hall–Kier alpha value is -10.0. The summed E-state index contributed by atoms with van der Waals surface area (Å²) in [6.45, 7) is 0. The van der Waals surface area contributed by atoms with E-state index in [0.717, 1.165) is 66.9 Å². The van der Waals surface area contributed by atoms with Crippen molar-refractivity contribution in [2.75, 3.05) is 0 Å². The molecular weight excluding hydrogens is 951 g/mol. The third-order valence-corrected chi connectivity index (χ3v) is 21.1. The van der Waals surface area contributed by atoms with Gasteiger partial charge in [0.25, 0.3) is 0 Å². The van der Waals surface area contributed by atoms with Crippen LogP contribution in [0.5, 0.6) is 0 Å². The minimum atomic E-state index is -2.86. The molecule has 0 saturated carbocycles. The zero-order valence-electron chi connectivity index (χ0n) is 41.9. The summed E-state index contributed by atoms with van der Waals surface area (Å²) in [6, 6.07) is 105. The number of benzene rings is 11. The molecule has 360 valence electrons. The maximum atomic E-state index is 5.96. The second-order valence-electron chi connectivity index (χ2n) is 20.2. The normalized spacial score (nSPS) is 12.2. The number of rotatable bonds is 8. The Morgan fingerprint density at radius 1 is 0.234 bits per heavy atom. The molecule has 11 aromatic carbocycles. The van der Waals surface area contributed by atoms with Crippen LogP contribution in [0.25, 0.3) is 110 Å². The first kappa shape index (κ1) is 43.4. The van der Waals surface area contributed by atoms with E-state index < -0.39 is 8.07 Å². The minimum Gasteiger partial charge on any atom is -0.309 e. The highest BCUT2D eigenvalue weighted by molar-refractivity contribution is 7.20. The number of hydrogen-bond acceptors (Lipinski definition) is 1. The number of hydrogen-bond donors (Lipinski definition) is 0. The van der Waals surface area contributed by atoms with Crippen molar-refractivity contribution in [2.45, 2.75) is 0 Å². The Morgan fingerprint density at radius 3 is 1.06 bits per heavy atom. The number of pyridine rings is 1. The van der Waals surface area contributed by atoms with E-state index in [9.17, 15) is 0 Å². The Bertz CT molecular complexity index is 4780. The summed E-state index contributed by atoms with van der Waals surface area (Å²) in [5.74, 6) is 1.69. The molecule has 0 aliphatic carbocycles. The number of aromatic nitrogens is 5. The topological polar surface area (TPSA) is 32.6 Å². The van der Waals surface area contributed by atoms with Gasteiger partial charge in [-0.15, -0.1) is 0 Å². The first-order chi connectivity index (χ1) is 38.2. The van der Waals surface area contributed by atoms with Crippen LogP contribution in [0, 0.1) is 0 Å². The summed E-state index contributed by atoms with van der Waals surface area (Å²) in [5.41, 5.74) is 11.1. The predicted molar refractivity (Wildman–Crippen MR) is 325 cm³/mol. The second kappa shape index (κ2) is 17.0. The molecule has 0 saturated heterocycles. The largest absolute Gasteiger partial charge is 0.309 e. The summed E-state index contributed by atoms with van der Waals surface area (Å²) >= 11 is 0. The maximum absolute atomic E-state index is 5.96. The van der Waals surface area contributed by atoms with Crippen LogP contribution in [0.2, 0.25) is 0 Å². The van der Waals surface area contributed by atoms with Crippen LogP contribution in [0.3, 0.4) is 0 Å². The summed E-state index contributed by atoms with van der Waals surface area (Å²) < 4.78 is 9.64. The lowest BCUT2D eigenvalue weighted by atomic mass is 10.1. The van der Waals surface area contributed by atoms with Crippen LogP contribution in [0.1, 0.15) is 0 Å². The Morgan fingerprint density at radius 2 is 0.584 bits per heavy atom. The molecule has 5 heterocycles. The van der Waals surface area contributed by atoms with Gasteiger partial charge in [0.1, 0.15) is 5.82 Å². The molecule has 5 aromatic heterocycles. The van der Waals surface area contributed by atoms with E-state index in [1.165, 1.54) is 64.1 Å². The molecule has 0 unspecified atom stereocenters. The second-order valence-corrected chi connectivity index (χ2v) is 24.0. The van der Waals surface area contributed by atoms with Crippen molar-refractivity contribution in [1.29, 1.82) is 0 Å². The molecule has 0 N–H and O–H groups in total. The highest BCUT2D eigenvalue weighted by Gasteiger charge is 2.41. The quantitative estimate of drug-likeness (QED) is 0.110. The van der Waals surface area contributed by atoms with E-state index in [1.54, 1.807) is 0 Å². The van der Waals surface area contributed by atoms with E-state index in [4.69, 9.17) is 4.98 Å². The first-order valence-corrected chi connectivity index (χ1v) is 28.5. The van der Waals surface area contributed by atoms with Crippen molar-refractivity contribution in [3.63, 3.8) is 0 Å². The van der Waals surface area contributed by atoms with Gasteiger partial charge in [0.2, 0.25) is 0 Å². The van der Waals surface area contributed by atoms with Gasteiger partial charge < -0.3 is 9.13 Å². The summed E-state index contributed by atoms with van der Waals surface area (Å²) in [7, 11) is -2.86. The van der Waals surface area contributed by atoms with Gasteiger partial charge in [-0.25, -0.2) is 4.98 Å². The van der Waals surface area contributed by atoms with Gasteiger partial charge in [0, 0.05) is 48.8 Å². The Labute approximate surface area is 445 Å². The molecule has 0 bridgehead atoms.